The molecule has 0 saturated carbocycles. The molecular weight excluding hydrogens is 433 g/mol. The number of hydrogen-bond donors (Lipinski definition) is 1. The number of nitrogens with zero attached hydrogens (tertiary/aromatic N) is 1. The molecule has 0 aromatic carbocycles. The van der Waals surface area contributed by atoms with Crippen LogP contribution < -0.4 is 0 Å². The van der Waals surface area contributed by atoms with E-state index in [-0.39, 0.29) is 19.8 Å². The largest absolute Gasteiger partial charge is 0.472 e. The highest BCUT2D eigenvalue weighted by molar-refractivity contribution is 7.47. The number of unbranched alkanes of at least 4 members (excludes halogenated alkanes) is 7. The maximum atomic E-state index is 12.0. The molecule has 8 nitrogen and oxygen atoms in total. The van der Waals surface area contributed by atoms with E-state index in [4.69, 9.17) is 18.5 Å². The van der Waals surface area contributed by atoms with Crippen LogP contribution in [0, 0.1) is 0 Å². The minimum Gasteiger partial charge on any atom is -0.458 e. The van der Waals surface area contributed by atoms with Gasteiger partial charge in [0.05, 0.1) is 34.4 Å². The lowest BCUT2D eigenvalue weighted by molar-refractivity contribution is -0.870. The van der Waals surface area contributed by atoms with Crippen molar-refractivity contribution in [2.45, 2.75) is 77.7 Å². The summed E-state index contributed by atoms with van der Waals surface area (Å²) in [5, 5.41) is 0. The van der Waals surface area contributed by atoms with Gasteiger partial charge in [-0.15, -0.1) is 0 Å². The Balaban J connectivity index is 3.93. The number of likely N-dealkylation sites (N-methyl/N-ethyl adjacent to an activating group) is 1. The van der Waals surface area contributed by atoms with Crippen LogP contribution in [0.4, 0.5) is 0 Å². The molecule has 0 bridgehead atoms. The van der Waals surface area contributed by atoms with Crippen LogP contribution in [0.2, 0.25) is 0 Å². The van der Waals surface area contributed by atoms with Gasteiger partial charge in [-0.05, 0) is 25.7 Å². The van der Waals surface area contributed by atoms with E-state index in [1.165, 1.54) is 51.9 Å². The number of phosphoric ester groups is 1. The molecule has 0 aliphatic heterocycles. The van der Waals surface area contributed by atoms with Crippen molar-refractivity contribution in [2.24, 2.45) is 0 Å². The quantitative estimate of drug-likeness (QED) is 0.0824. The first-order valence-electron chi connectivity index (χ1n) is 11.9. The molecule has 0 aliphatic carbocycles. The summed E-state index contributed by atoms with van der Waals surface area (Å²) in [6.45, 7) is 4.52. The molecule has 2 atom stereocenters. The highest BCUT2D eigenvalue weighted by Crippen LogP contribution is 2.43. The average Bonchev–Trinajstić information content (AvgIpc) is 2.68. The van der Waals surface area contributed by atoms with Gasteiger partial charge < -0.3 is 18.9 Å². The fraction of sp³-hybridized carbons (Fsp3) is 0.870. The summed E-state index contributed by atoms with van der Waals surface area (Å²) in [5.41, 5.74) is 0. The second-order valence-electron chi connectivity index (χ2n) is 9.09. The van der Waals surface area contributed by atoms with Gasteiger partial charge in [-0.2, -0.15) is 0 Å². The van der Waals surface area contributed by atoms with E-state index in [2.05, 4.69) is 19.1 Å². The number of quaternary nitrogens is 1. The van der Waals surface area contributed by atoms with Gasteiger partial charge in [-0.1, -0.05) is 51.2 Å². The zero-order valence-electron chi connectivity index (χ0n) is 20.9. The van der Waals surface area contributed by atoms with Gasteiger partial charge in [0.2, 0.25) is 0 Å². The van der Waals surface area contributed by atoms with Crippen molar-refractivity contribution in [3.8, 4) is 0 Å². The molecule has 190 valence electrons. The molecule has 0 radical (unpaired) electrons. The Hall–Kier alpha value is -0.760. The first-order valence-corrected chi connectivity index (χ1v) is 13.4. The van der Waals surface area contributed by atoms with Gasteiger partial charge >= 0.3 is 13.8 Å². The minimum absolute atomic E-state index is 0.0849. The van der Waals surface area contributed by atoms with Crippen LogP contribution in [-0.2, 0) is 27.9 Å². The minimum atomic E-state index is -4.21. The molecule has 32 heavy (non-hydrogen) atoms. The normalized spacial score (nSPS) is 15.1. The third kappa shape index (κ3) is 22.4. The summed E-state index contributed by atoms with van der Waals surface area (Å²) >= 11 is 0. The summed E-state index contributed by atoms with van der Waals surface area (Å²) in [6, 6.07) is 0. The van der Waals surface area contributed by atoms with Crippen LogP contribution in [0.5, 0.6) is 0 Å². The Labute approximate surface area is 195 Å². The third-order valence-electron chi connectivity index (χ3n) is 4.61. The van der Waals surface area contributed by atoms with Crippen molar-refractivity contribution in [3.63, 3.8) is 0 Å². The fourth-order valence-electron chi connectivity index (χ4n) is 2.79. The Morgan fingerprint density at radius 2 is 1.56 bits per heavy atom. The van der Waals surface area contributed by atoms with E-state index in [1.807, 2.05) is 21.1 Å². The number of rotatable bonds is 21. The number of carbonyl (C=O) groups excluding carboxylic acids is 1. The molecule has 0 aromatic heterocycles. The van der Waals surface area contributed by atoms with Crippen molar-refractivity contribution in [2.75, 3.05) is 54.1 Å². The maximum absolute atomic E-state index is 12.0. The summed E-state index contributed by atoms with van der Waals surface area (Å²) in [7, 11) is 1.65. The molecule has 0 spiro atoms. The molecular formula is C23H47NO7P+. The molecule has 0 amide bonds. The summed E-state index contributed by atoms with van der Waals surface area (Å²) in [6.07, 6.45) is 14.3. The molecule has 0 saturated heterocycles. The average molecular weight is 481 g/mol. The van der Waals surface area contributed by atoms with Gasteiger partial charge in [0.1, 0.15) is 19.3 Å². The van der Waals surface area contributed by atoms with Gasteiger partial charge in [0, 0.05) is 13.5 Å². The van der Waals surface area contributed by atoms with E-state index in [0.29, 0.717) is 17.6 Å². The maximum Gasteiger partial charge on any atom is 0.472 e. The number of allylic oxidation sites excluding steroid dienone is 2. The van der Waals surface area contributed by atoms with E-state index >= 15 is 0 Å². The summed E-state index contributed by atoms with van der Waals surface area (Å²) in [4.78, 5) is 21.1. The second-order valence-corrected chi connectivity index (χ2v) is 10.5. The third-order valence-corrected chi connectivity index (χ3v) is 5.59. The molecule has 0 aliphatic rings. The van der Waals surface area contributed by atoms with E-state index in [9.17, 15) is 14.3 Å². The van der Waals surface area contributed by atoms with Crippen LogP contribution in [0.3, 0.4) is 0 Å². The number of hydrogen-bond acceptors (Lipinski definition) is 6. The molecule has 0 rings (SSSR count). The summed E-state index contributed by atoms with van der Waals surface area (Å²) < 4.78 is 33.3. The van der Waals surface area contributed by atoms with Crippen molar-refractivity contribution in [1.82, 2.24) is 0 Å². The highest BCUT2D eigenvalue weighted by atomic mass is 31.2. The molecule has 0 heterocycles. The van der Waals surface area contributed by atoms with E-state index < -0.39 is 19.9 Å². The topological polar surface area (TPSA) is 91.3 Å². The van der Waals surface area contributed by atoms with Crippen molar-refractivity contribution in [3.05, 3.63) is 12.2 Å². The Kier molecular flexibility index (Phi) is 18.2. The predicted molar refractivity (Wildman–Crippen MR) is 127 cm³/mol. The molecule has 0 aromatic rings. The van der Waals surface area contributed by atoms with Crippen LogP contribution in [0.15, 0.2) is 12.2 Å². The van der Waals surface area contributed by atoms with Crippen molar-refractivity contribution >= 4 is 13.8 Å². The molecule has 2 unspecified atom stereocenters. The van der Waals surface area contributed by atoms with Crippen LogP contribution >= 0.6 is 7.82 Å². The Morgan fingerprint density at radius 1 is 0.938 bits per heavy atom. The number of carbonyl (C=O) groups is 1. The van der Waals surface area contributed by atoms with E-state index in [0.717, 1.165) is 12.8 Å². The lowest BCUT2D eigenvalue weighted by Crippen LogP contribution is -2.37. The van der Waals surface area contributed by atoms with Gasteiger partial charge in [-0.25, -0.2) is 4.57 Å². The zero-order valence-corrected chi connectivity index (χ0v) is 21.8. The first kappa shape index (κ1) is 31.2. The van der Waals surface area contributed by atoms with Crippen molar-refractivity contribution in [1.29, 1.82) is 0 Å². The molecule has 0 fully saturated rings. The second kappa shape index (κ2) is 18.6. The molecule has 1 N–H and O–H groups in total. The van der Waals surface area contributed by atoms with Crippen molar-refractivity contribution < 1.29 is 37.3 Å². The predicted octanol–water partition coefficient (Wildman–Crippen LogP) is 4.86. The zero-order chi connectivity index (χ0) is 24.3. The Bertz CT molecular complexity index is 549. The fourth-order valence-corrected chi connectivity index (χ4v) is 3.53. The van der Waals surface area contributed by atoms with Crippen LogP contribution in [0.25, 0.3) is 0 Å². The number of esters is 1. The first-order chi connectivity index (χ1) is 15.1. The lowest BCUT2D eigenvalue weighted by Gasteiger charge is -2.24. The standard InChI is InChI=1S/C23H46NO7P/c1-6-7-8-9-10-11-12-13-14-15-16-18-28-20-23(31-22(2)25)21-30-32(26,27)29-19-17-24(3,4)5/h8-9,23H,6-7,10-21H2,1-5H3/p+1/b9-8-. The van der Waals surface area contributed by atoms with Gasteiger partial charge in [0.25, 0.3) is 0 Å². The number of phosphoric acid groups is 1. The number of ether oxygens (including phenoxy) is 2. The van der Waals surface area contributed by atoms with Gasteiger partial charge in [0.15, 0.2) is 0 Å². The highest BCUT2D eigenvalue weighted by Gasteiger charge is 2.25. The Morgan fingerprint density at radius 3 is 2.19 bits per heavy atom. The lowest BCUT2D eigenvalue weighted by atomic mass is 10.1. The summed E-state index contributed by atoms with van der Waals surface area (Å²) in [5.74, 6) is -0.495. The smallest absolute Gasteiger partial charge is 0.458 e. The van der Waals surface area contributed by atoms with E-state index in [1.54, 1.807) is 0 Å². The monoisotopic (exact) mass is 480 g/mol. The van der Waals surface area contributed by atoms with Gasteiger partial charge in [-0.3, -0.25) is 13.8 Å². The molecule has 9 heteroatoms. The van der Waals surface area contributed by atoms with Crippen LogP contribution in [-0.4, -0.2) is 75.6 Å². The van der Waals surface area contributed by atoms with Crippen LogP contribution in [0.1, 0.15) is 71.6 Å². The SMILES string of the molecule is CCC/C=C\CCCCCCCCOCC(COP(=O)(O)OCC[N+](C)(C)C)OC(C)=O.